The Balaban J connectivity index is 1.69. The highest BCUT2D eigenvalue weighted by atomic mass is 19.1. The summed E-state index contributed by atoms with van der Waals surface area (Å²) in [5.41, 5.74) is 0.702. The third-order valence-corrected chi connectivity index (χ3v) is 5.50. The van der Waals surface area contributed by atoms with Crippen molar-refractivity contribution in [2.24, 2.45) is 0 Å². The predicted octanol–water partition coefficient (Wildman–Crippen LogP) is 3.14. The van der Waals surface area contributed by atoms with E-state index in [1.54, 1.807) is 4.90 Å². The SMILES string of the molecule is CCC(C)N(Cc1nc(C(=O)N2CCN(C)CC2)co1)Cc1ccc(F)cc1F. The Bertz CT molecular complexity index is 834. The topological polar surface area (TPSA) is 52.8 Å². The van der Waals surface area contributed by atoms with Gasteiger partial charge in [0.05, 0.1) is 6.54 Å². The molecule has 0 saturated carbocycles. The van der Waals surface area contributed by atoms with E-state index >= 15 is 0 Å². The highest BCUT2D eigenvalue weighted by Gasteiger charge is 2.24. The fourth-order valence-corrected chi connectivity index (χ4v) is 3.32. The second-order valence-corrected chi connectivity index (χ2v) is 7.62. The number of oxazole rings is 1. The van der Waals surface area contributed by atoms with Gasteiger partial charge in [0.2, 0.25) is 5.89 Å². The van der Waals surface area contributed by atoms with E-state index in [4.69, 9.17) is 4.42 Å². The molecule has 0 bridgehead atoms. The van der Waals surface area contributed by atoms with Gasteiger partial charge in [0.25, 0.3) is 5.91 Å². The summed E-state index contributed by atoms with van der Waals surface area (Å²) in [6.07, 6.45) is 2.24. The van der Waals surface area contributed by atoms with Crippen molar-refractivity contribution in [2.75, 3.05) is 33.2 Å². The maximum Gasteiger partial charge on any atom is 0.275 e. The van der Waals surface area contributed by atoms with Gasteiger partial charge < -0.3 is 14.2 Å². The van der Waals surface area contributed by atoms with Crippen LogP contribution in [0.25, 0.3) is 0 Å². The van der Waals surface area contributed by atoms with Gasteiger partial charge in [0.15, 0.2) is 5.69 Å². The number of likely N-dealkylation sites (N-methyl/N-ethyl adjacent to an activating group) is 1. The molecule has 1 aromatic carbocycles. The van der Waals surface area contributed by atoms with Crippen LogP contribution in [0, 0.1) is 11.6 Å². The summed E-state index contributed by atoms with van der Waals surface area (Å²) in [5.74, 6) is -0.893. The molecule has 29 heavy (non-hydrogen) atoms. The van der Waals surface area contributed by atoms with Crippen molar-refractivity contribution in [3.63, 3.8) is 0 Å². The molecule has 1 saturated heterocycles. The van der Waals surface area contributed by atoms with Crippen molar-refractivity contribution in [2.45, 2.75) is 39.4 Å². The second kappa shape index (κ2) is 9.45. The first kappa shape index (κ1) is 21.4. The van der Waals surface area contributed by atoms with E-state index in [9.17, 15) is 13.6 Å². The Morgan fingerprint density at radius 1 is 1.24 bits per heavy atom. The molecule has 1 aliphatic heterocycles. The van der Waals surface area contributed by atoms with Crippen LogP contribution in [0.3, 0.4) is 0 Å². The largest absolute Gasteiger partial charge is 0.447 e. The minimum absolute atomic E-state index is 0.128. The molecular formula is C21H28F2N4O2. The van der Waals surface area contributed by atoms with E-state index in [0.717, 1.165) is 25.6 Å². The Labute approximate surface area is 170 Å². The number of halogens is 2. The maximum absolute atomic E-state index is 14.1. The lowest BCUT2D eigenvalue weighted by Gasteiger charge is -2.31. The summed E-state index contributed by atoms with van der Waals surface area (Å²) < 4.78 is 32.8. The van der Waals surface area contributed by atoms with Gasteiger partial charge in [-0.2, -0.15) is 0 Å². The van der Waals surface area contributed by atoms with Crippen LogP contribution >= 0.6 is 0 Å². The summed E-state index contributed by atoms with van der Waals surface area (Å²) in [7, 11) is 2.03. The number of piperazine rings is 1. The van der Waals surface area contributed by atoms with Gasteiger partial charge in [-0.1, -0.05) is 13.0 Å². The van der Waals surface area contributed by atoms with Crippen LogP contribution in [0.15, 0.2) is 28.9 Å². The molecule has 2 heterocycles. The van der Waals surface area contributed by atoms with Crippen LogP contribution in [0.1, 0.15) is 42.2 Å². The summed E-state index contributed by atoms with van der Waals surface area (Å²) in [4.78, 5) is 23.0. The molecule has 1 aliphatic rings. The zero-order valence-electron chi connectivity index (χ0n) is 17.2. The van der Waals surface area contributed by atoms with Gasteiger partial charge in [-0.3, -0.25) is 9.69 Å². The molecular weight excluding hydrogens is 378 g/mol. The number of rotatable bonds is 7. The quantitative estimate of drug-likeness (QED) is 0.707. The molecule has 0 N–H and O–H groups in total. The minimum Gasteiger partial charge on any atom is -0.447 e. The monoisotopic (exact) mass is 406 g/mol. The summed E-state index contributed by atoms with van der Waals surface area (Å²) in [5, 5.41) is 0. The van der Waals surface area contributed by atoms with Crippen LogP contribution in [0.5, 0.6) is 0 Å². The van der Waals surface area contributed by atoms with Crippen molar-refractivity contribution in [1.29, 1.82) is 0 Å². The zero-order chi connectivity index (χ0) is 21.0. The number of hydrogen-bond donors (Lipinski definition) is 0. The van der Waals surface area contributed by atoms with E-state index in [1.165, 1.54) is 18.4 Å². The van der Waals surface area contributed by atoms with Crippen LogP contribution < -0.4 is 0 Å². The molecule has 2 aromatic rings. The Morgan fingerprint density at radius 2 is 1.97 bits per heavy atom. The number of carbonyl (C=O) groups excluding carboxylic acids is 1. The smallest absolute Gasteiger partial charge is 0.275 e. The minimum atomic E-state index is -0.596. The number of aromatic nitrogens is 1. The molecule has 1 aromatic heterocycles. The first-order valence-electron chi connectivity index (χ1n) is 9.97. The van der Waals surface area contributed by atoms with Crippen molar-refractivity contribution in [3.05, 3.63) is 53.2 Å². The van der Waals surface area contributed by atoms with E-state index in [1.807, 2.05) is 25.8 Å². The number of carbonyl (C=O) groups is 1. The van der Waals surface area contributed by atoms with Crippen LogP contribution in [-0.2, 0) is 13.1 Å². The van der Waals surface area contributed by atoms with E-state index in [-0.39, 0.29) is 11.9 Å². The molecule has 0 aliphatic carbocycles. The molecule has 158 valence electrons. The number of nitrogens with zero attached hydrogens (tertiary/aromatic N) is 4. The fourth-order valence-electron chi connectivity index (χ4n) is 3.32. The van der Waals surface area contributed by atoms with E-state index < -0.39 is 11.6 Å². The summed E-state index contributed by atoms with van der Waals surface area (Å²) >= 11 is 0. The third kappa shape index (κ3) is 5.39. The molecule has 1 fully saturated rings. The average Bonchev–Trinajstić information content (AvgIpc) is 3.17. The lowest BCUT2D eigenvalue weighted by atomic mass is 10.1. The normalized spacial score (nSPS) is 16.4. The van der Waals surface area contributed by atoms with Crippen molar-refractivity contribution in [3.8, 4) is 0 Å². The summed E-state index contributed by atoms with van der Waals surface area (Å²) in [6.45, 7) is 7.70. The average molecular weight is 406 g/mol. The standard InChI is InChI=1S/C21H28F2N4O2/c1-4-15(2)27(12-16-5-6-17(22)11-18(16)23)13-20-24-19(14-29-20)21(28)26-9-7-25(3)8-10-26/h5-6,11,14-15H,4,7-10,12-13H2,1-3H3. The van der Waals surface area contributed by atoms with Gasteiger partial charge in [0.1, 0.15) is 17.9 Å². The van der Waals surface area contributed by atoms with Gasteiger partial charge >= 0.3 is 0 Å². The van der Waals surface area contributed by atoms with Gasteiger partial charge in [-0.25, -0.2) is 13.8 Å². The Morgan fingerprint density at radius 3 is 2.62 bits per heavy atom. The highest BCUT2D eigenvalue weighted by Crippen LogP contribution is 2.18. The van der Waals surface area contributed by atoms with Crippen LogP contribution in [-0.4, -0.2) is 64.9 Å². The molecule has 1 unspecified atom stereocenters. The second-order valence-electron chi connectivity index (χ2n) is 7.62. The predicted molar refractivity (Wildman–Crippen MR) is 105 cm³/mol. The summed E-state index contributed by atoms with van der Waals surface area (Å²) in [6, 6.07) is 3.73. The van der Waals surface area contributed by atoms with Crippen molar-refractivity contribution in [1.82, 2.24) is 19.7 Å². The molecule has 1 amide bonds. The van der Waals surface area contributed by atoms with Gasteiger partial charge in [-0.05, 0) is 26.5 Å². The lowest BCUT2D eigenvalue weighted by molar-refractivity contribution is 0.0658. The Hall–Kier alpha value is -2.32. The zero-order valence-corrected chi connectivity index (χ0v) is 17.2. The molecule has 0 spiro atoms. The van der Waals surface area contributed by atoms with Gasteiger partial charge in [-0.15, -0.1) is 0 Å². The number of hydrogen-bond acceptors (Lipinski definition) is 5. The molecule has 0 radical (unpaired) electrons. The number of benzene rings is 1. The van der Waals surface area contributed by atoms with Crippen molar-refractivity contribution >= 4 is 5.91 Å². The lowest BCUT2D eigenvalue weighted by Crippen LogP contribution is -2.47. The third-order valence-electron chi connectivity index (χ3n) is 5.50. The highest BCUT2D eigenvalue weighted by molar-refractivity contribution is 5.92. The van der Waals surface area contributed by atoms with Crippen LogP contribution in [0.4, 0.5) is 8.78 Å². The first-order valence-corrected chi connectivity index (χ1v) is 9.97. The molecule has 1 atom stereocenters. The fraction of sp³-hybridized carbons (Fsp3) is 0.524. The molecule has 8 heteroatoms. The van der Waals surface area contributed by atoms with E-state index in [2.05, 4.69) is 9.88 Å². The molecule has 6 nitrogen and oxygen atoms in total. The maximum atomic E-state index is 14.1. The van der Waals surface area contributed by atoms with Gasteiger partial charge in [0, 0.05) is 50.4 Å². The Kier molecular flexibility index (Phi) is 6.97. The number of amides is 1. The van der Waals surface area contributed by atoms with E-state index in [0.29, 0.717) is 43.3 Å². The van der Waals surface area contributed by atoms with Crippen molar-refractivity contribution < 1.29 is 18.0 Å². The first-order chi connectivity index (χ1) is 13.9. The van der Waals surface area contributed by atoms with Crippen LogP contribution in [0.2, 0.25) is 0 Å². The molecule has 3 rings (SSSR count).